The van der Waals surface area contributed by atoms with Crippen LogP contribution in [0.2, 0.25) is 0 Å². The molecule has 0 aliphatic carbocycles. The summed E-state index contributed by atoms with van der Waals surface area (Å²) < 4.78 is 11.0. The van der Waals surface area contributed by atoms with Gasteiger partial charge in [0.25, 0.3) is 0 Å². The third kappa shape index (κ3) is 9.70. The van der Waals surface area contributed by atoms with Gasteiger partial charge in [-0.25, -0.2) is 0 Å². The Kier molecular flexibility index (Phi) is 11.4. The highest BCUT2D eigenvalue weighted by Crippen LogP contribution is 2.08. The van der Waals surface area contributed by atoms with Crippen molar-refractivity contribution in [2.75, 3.05) is 46.1 Å². The lowest BCUT2D eigenvalue weighted by Gasteiger charge is -2.33. The molecule has 0 amide bonds. The summed E-state index contributed by atoms with van der Waals surface area (Å²) in [5, 5.41) is 3.65. The summed E-state index contributed by atoms with van der Waals surface area (Å²) >= 11 is 0. The number of hydrogen-bond donors (Lipinski definition) is 1. The molecule has 0 spiro atoms. The Hall–Kier alpha value is -0.160. The van der Waals surface area contributed by atoms with Gasteiger partial charge in [-0.1, -0.05) is 6.92 Å². The molecule has 4 heteroatoms. The van der Waals surface area contributed by atoms with Crippen molar-refractivity contribution >= 4 is 0 Å². The van der Waals surface area contributed by atoms with Crippen molar-refractivity contribution in [3.05, 3.63) is 0 Å². The summed E-state index contributed by atoms with van der Waals surface area (Å²) in [6.07, 6.45) is 1.14. The molecule has 0 saturated heterocycles. The SMILES string of the molecule is CCOCCN(CCOCC)C(C)CNC(C)(C)CC. The van der Waals surface area contributed by atoms with E-state index in [0.717, 1.165) is 52.5 Å². The quantitative estimate of drug-likeness (QED) is 0.528. The van der Waals surface area contributed by atoms with Crippen LogP contribution in [0.4, 0.5) is 0 Å². The molecule has 0 bridgehead atoms. The van der Waals surface area contributed by atoms with Crippen LogP contribution in [0.25, 0.3) is 0 Å². The van der Waals surface area contributed by atoms with Crippen molar-refractivity contribution in [3.8, 4) is 0 Å². The van der Waals surface area contributed by atoms with Crippen molar-refractivity contribution in [2.24, 2.45) is 0 Å². The average Bonchev–Trinajstić information content (AvgIpc) is 2.43. The minimum absolute atomic E-state index is 0.208. The number of ether oxygens (including phenoxy) is 2. The van der Waals surface area contributed by atoms with Gasteiger partial charge < -0.3 is 14.8 Å². The zero-order chi connectivity index (χ0) is 15.4. The fraction of sp³-hybridized carbons (Fsp3) is 1.00. The third-order valence-corrected chi connectivity index (χ3v) is 3.84. The average molecular weight is 288 g/mol. The molecule has 0 aliphatic rings. The van der Waals surface area contributed by atoms with Gasteiger partial charge in [0.15, 0.2) is 0 Å². The second-order valence-corrected chi connectivity index (χ2v) is 5.90. The molecular weight excluding hydrogens is 252 g/mol. The first-order valence-electron chi connectivity index (χ1n) is 8.11. The van der Waals surface area contributed by atoms with Gasteiger partial charge >= 0.3 is 0 Å². The van der Waals surface area contributed by atoms with E-state index >= 15 is 0 Å². The molecule has 1 atom stereocenters. The predicted molar refractivity (Wildman–Crippen MR) is 86.4 cm³/mol. The van der Waals surface area contributed by atoms with Crippen LogP contribution in [0.5, 0.6) is 0 Å². The largest absolute Gasteiger partial charge is 0.380 e. The zero-order valence-electron chi connectivity index (χ0n) is 14.5. The van der Waals surface area contributed by atoms with E-state index in [4.69, 9.17) is 9.47 Å². The molecule has 0 aromatic carbocycles. The van der Waals surface area contributed by atoms with Gasteiger partial charge in [0.05, 0.1) is 13.2 Å². The summed E-state index contributed by atoms with van der Waals surface area (Å²) in [7, 11) is 0. The van der Waals surface area contributed by atoms with Crippen LogP contribution in [0, 0.1) is 0 Å². The predicted octanol–water partition coefficient (Wildman–Crippen LogP) is 2.53. The smallest absolute Gasteiger partial charge is 0.0593 e. The van der Waals surface area contributed by atoms with E-state index in [1.165, 1.54) is 0 Å². The van der Waals surface area contributed by atoms with E-state index in [9.17, 15) is 0 Å². The first-order valence-corrected chi connectivity index (χ1v) is 8.11. The maximum Gasteiger partial charge on any atom is 0.0593 e. The van der Waals surface area contributed by atoms with Gasteiger partial charge in [-0.05, 0) is 41.0 Å². The Labute approximate surface area is 126 Å². The zero-order valence-corrected chi connectivity index (χ0v) is 14.5. The lowest BCUT2D eigenvalue weighted by molar-refractivity contribution is 0.0645. The highest BCUT2D eigenvalue weighted by molar-refractivity contribution is 4.79. The molecular formula is C16H36N2O2. The number of nitrogens with zero attached hydrogens (tertiary/aromatic N) is 1. The fourth-order valence-electron chi connectivity index (χ4n) is 1.88. The van der Waals surface area contributed by atoms with Crippen LogP contribution in [0.15, 0.2) is 0 Å². The Bertz CT molecular complexity index is 213. The normalized spacial score (nSPS) is 13.9. The highest BCUT2D eigenvalue weighted by Gasteiger charge is 2.18. The molecule has 0 aromatic heterocycles. The number of hydrogen-bond acceptors (Lipinski definition) is 4. The van der Waals surface area contributed by atoms with Crippen molar-refractivity contribution in [1.29, 1.82) is 0 Å². The van der Waals surface area contributed by atoms with Gasteiger partial charge in [-0.15, -0.1) is 0 Å². The first kappa shape index (κ1) is 19.8. The Morgan fingerprint density at radius 1 is 1.00 bits per heavy atom. The summed E-state index contributed by atoms with van der Waals surface area (Å²) in [6, 6.07) is 0.488. The molecule has 20 heavy (non-hydrogen) atoms. The fourth-order valence-corrected chi connectivity index (χ4v) is 1.88. The molecule has 0 rings (SSSR count). The van der Waals surface area contributed by atoms with Crippen LogP contribution in [0.1, 0.15) is 48.0 Å². The van der Waals surface area contributed by atoms with Gasteiger partial charge in [0.1, 0.15) is 0 Å². The molecule has 1 N–H and O–H groups in total. The minimum atomic E-state index is 0.208. The molecule has 0 saturated carbocycles. The molecule has 1 unspecified atom stereocenters. The van der Waals surface area contributed by atoms with E-state index in [-0.39, 0.29) is 5.54 Å². The van der Waals surface area contributed by atoms with Crippen molar-refractivity contribution in [1.82, 2.24) is 10.2 Å². The highest BCUT2D eigenvalue weighted by atomic mass is 16.5. The van der Waals surface area contributed by atoms with Crippen LogP contribution in [0.3, 0.4) is 0 Å². The number of nitrogens with one attached hydrogen (secondary N) is 1. The molecule has 0 heterocycles. The van der Waals surface area contributed by atoms with Gasteiger partial charge in [0, 0.05) is 44.4 Å². The van der Waals surface area contributed by atoms with Crippen LogP contribution in [-0.2, 0) is 9.47 Å². The summed E-state index contributed by atoms with van der Waals surface area (Å²) in [6.45, 7) is 19.2. The van der Waals surface area contributed by atoms with Crippen molar-refractivity contribution < 1.29 is 9.47 Å². The van der Waals surface area contributed by atoms with E-state index < -0.39 is 0 Å². The van der Waals surface area contributed by atoms with Crippen LogP contribution < -0.4 is 5.32 Å². The lowest BCUT2D eigenvalue weighted by Crippen LogP contribution is -2.49. The lowest BCUT2D eigenvalue weighted by atomic mass is 10.0. The minimum Gasteiger partial charge on any atom is -0.380 e. The second-order valence-electron chi connectivity index (χ2n) is 5.90. The Morgan fingerprint density at radius 2 is 1.50 bits per heavy atom. The van der Waals surface area contributed by atoms with E-state index in [2.05, 4.69) is 37.9 Å². The summed E-state index contributed by atoms with van der Waals surface area (Å²) in [5.74, 6) is 0. The third-order valence-electron chi connectivity index (χ3n) is 3.84. The van der Waals surface area contributed by atoms with Gasteiger partial charge in [-0.2, -0.15) is 0 Å². The maximum atomic E-state index is 5.48. The molecule has 0 fully saturated rings. The van der Waals surface area contributed by atoms with Crippen molar-refractivity contribution in [2.45, 2.75) is 59.5 Å². The van der Waals surface area contributed by atoms with Gasteiger partial charge in [-0.3, -0.25) is 4.90 Å². The maximum absolute atomic E-state index is 5.48. The second kappa shape index (κ2) is 11.5. The molecule has 122 valence electrons. The molecule has 4 nitrogen and oxygen atoms in total. The Balaban J connectivity index is 4.19. The topological polar surface area (TPSA) is 33.7 Å². The van der Waals surface area contributed by atoms with Crippen molar-refractivity contribution in [3.63, 3.8) is 0 Å². The standard InChI is InChI=1S/C16H36N2O2/c1-7-16(5,6)17-14-15(4)18(10-12-19-8-2)11-13-20-9-3/h15,17H,7-14H2,1-6H3. The van der Waals surface area contributed by atoms with Gasteiger partial charge in [0.2, 0.25) is 0 Å². The summed E-state index contributed by atoms with van der Waals surface area (Å²) in [4.78, 5) is 2.45. The molecule has 0 aliphatic heterocycles. The van der Waals surface area contributed by atoms with Crippen LogP contribution >= 0.6 is 0 Å². The van der Waals surface area contributed by atoms with E-state index in [0.29, 0.717) is 6.04 Å². The monoisotopic (exact) mass is 288 g/mol. The first-order chi connectivity index (χ1) is 9.46. The summed E-state index contributed by atoms with van der Waals surface area (Å²) in [5.41, 5.74) is 0.208. The van der Waals surface area contributed by atoms with E-state index in [1.807, 2.05) is 13.8 Å². The molecule has 0 radical (unpaired) electrons. The number of rotatable bonds is 13. The Morgan fingerprint density at radius 3 is 1.90 bits per heavy atom. The van der Waals surface area contributed by atoms with Crippen LogP contribution in [-0.4, -0.2) is 62.5 Å². The molecule has 0 aromatic rings. The van der Waals surface area contributed by atoms with E-state index in [1.54, 1.807) is 0 Å².